The number of primary amides is 1. The molecule has 0 radical (unpaired) electrons. The van der Waals surface area contributed by atoms with Gasteiger partial charge < -0.3 is 21.9 Å². The highest BCUT2D eigenvalue weighted by molar-refractivity contribution is 5.75. The van der Waals surface area contributed by atoms with Crippen LogP contribution in [0.2, 0.25) is 0 Å². The van der Waals surface area contributed by atoms with E-state index in [-0.39, 0.29) is 5.96 Å². The predicted octanol–water partition coefficient (Wildman–Crippen LogP) is -0.865. The van der Waals surface area contributed by atoms with Gasteiger partial charge in [0.15, 0.2) is 5.96 Å². The number of hydrogen-bond acceptors (Lipinski definition) is 3. The lowest BCUT2D eigenvalue weighted by Gasteiger charge is -1.99. The zero-order chi connectivity index (χ0) is 9.40. The van der Waals surface area contributed by atoms with Crippen LogP contribution in [-0.4, -0.2) is 25.2 Å². The van der Waals surface area contributed by atoms with Crippen molar-refractivity contribution in [2.75, 3.05) is 13.2 Å². The number of nitrogens with zero attached hydrogens (tertiary/aromatic N) is 1. The molecule has 0 fully saturated rings. The Bertz CT molecular complexity index is 165. The standard InChI is InChI=1S/C6H14N4O2/c7-5(8)10-3-1-2-4-12-6(9)11/h1-4H2,(H2,9,11)(H4,7,8,10). The summed E-state index contributed by atoms with van der Waals surface area (Å²) >= 11 is 0. The van der Waals surface area contributed by atoms with Crippen LogP contribution in [-0.2, 0) is 4.74 Å². The van der Waals surface area contributed by atoms with Crippen molar-refractivity contribution in [3.63, 3.8) is 0 Å². The van der Waals surface area contributed by atoms with Crippen LogP contribution in [0.15, 0.2) is 4.99 Å². The lowest BCUT2D eigenvalue weighted by molar-refractivity contribution is 0.155. The van der Waals surface area contributed by atoms with Crippen LogP contribution >= 0.6 is 0 Å². The van der Waals surface area contributed by atoms with E-state index in [1.54, 1.807) is 0 Å². The third-order valence-electron chi connectivity index (χ3n) is 1.09. The molecule has 0 aliphatic rings. The van der Waals surface area contributed by atoms with Crippen molar-refractivity contribution in [3.8, 4) is 0 Å². The largest absolute Gasteiger partial charge is 0.450 e. The van der Waals surface area contributed by atoms with Gasteiger partial charge in [-0.15, -0.1) is 0 Å². The number of carbonyl (C=O) groups excluding carboxylic acids is 1. The van der Waals surface area contributed by atoms with Crippen molar-refractivity contribution < 1.29 is 9.53 Å². The van der Waals surface area contributed by atoms with Crippen LogP contribution in [0.4, 0.5) is 4.79 Å². The minimum atomic E-state index is -0.753. The van der Waals surface area contributed by atoms with E-state index in [9.17, 15) is 4.79 Å². The van der Waals surface area contributed by atoms with Crippen LogP contribution in [0.5, 0.6) is 0 Å². The Balaban J connectivity index is 3.11. The highest BCUT2D eigenvalue weighted by Gasteiger charge is 1.92. The SMILES string of the molecule is NC(=O)OCCCCN=C(N)N. The molecule has 0 aliphatic heterocycles. The number of guanidine groups is 1. The highest BCUT2D eigenvalue weighted by Crippen LogP contribution is 1.90. The maximum atomic E-state index is 10.1. The first-order valence-electron chi connectivity index (χ1n) is 3.60. The Labute approximate surface area is 70.8 Å². The highest BCUT2D eigenvalue weighted by atomic mass is 16.5. The van der Waals surface area contributed by atoms with Gasteiger partial charge in [-0.3, -0.25) is 4.99 Å². The van der Waals surface area contributed by atoms with Gasteiger partial charge in [0.1, 0.15) is 0 Å². The topological polar surface area (TPSA) is 117 Å². The molecule has 0 saturated carbocycles. The molecule has 1 amide bonds. The van der Waals surface area contributed by atoms with Crippen molar-refractivity contribution in [2.24, 2.45) is 22.2 Å². The van der Waals surface area contributed by atoms with Gasteiger partial charge in [-0.05, 0) is 12.8 Å². The summed E-state index contributed by atoms with van der Waals surface area (Å²) in [7, 11) is 0. The molecule has 6 heteroatoms. The normalized spacial score (nSPS) is 9.00. The van der Waals surface area contributed by atoms with Gasteiger partial charge in [0.2, 0.25) is 0 Å². The van der Waals surface area contributed by atoms with E-state index in [1.807, 2.05) is 0 Å². The Kier molecular flexibility index (Phi) is 5.50. The Morgan fingerprint density at radius 2 is 1.92 bits per heavy atom. The maximum absolute atomic E-state index is 10.1. The summed E-state index contributed by atoms with van der Waals surface area (Å²) in [6.45, 7) is 0.861. The molecule has 0 spiro atoms. The average molecular weight is 174 g/mol. The zero-order valence-electron chi connectivity index (χ0n) is 6.82. The summed E-state index contributed by atoms with van der Waals surface area (Å²) < 4.78 is 4.48. The zero-order valence-corrected chi connectivity index (χ0v) is 6.82. The molecule has 0 heterocycles. The second-order valence-corrected chi connectivity index (χ2v) is 2.18. The van der Waals surface area contributed by atoms with Crippen LogP contribution in [0.25, 0.3) is 0 Å². The third kappa shape index (κ3) is 8.54. The fraction of sp³-hybridized carbons (Fsp3) is 0.667. The van der Waals surface area contributed by atoms with Gasteiger partial charge >= 0.3 is 6.09 Å². The molecule has 0 aromatic rings. The summed E-state index contributed by atoms with van der Waals surface area (Å²) in [6, 6.07) is 0. The molecular formula is C6H14N4O2. The van der Waals surface area contributed by atoms with Crippen LogP contribution < -0.4 is 17.2 Å². The summed E-state index contributed by atoms with van der Waals surface area (Å²) in [6.07, 6.45) is 0.724. The minimum absolute atomic E-state index is 0.0748. The number of nitrogens with two attached hydrogens (primary N) is 3. The number of carbonyl (C=O) groups is 1. The van der Waals surface area contributed by atoms with Gasteiger partial charge in [0.05, 0.1) is 6.61 Å². The van der Waals surface area contributed by atoms with Gasteiger partial charge in [-0.25, -0.2) is 4.79 Å². The molecule has 0 aromatic carbocycles. The number of amides is 1. The van der Waals surface area contributed by atoms with E-state index in [0.29, 0.717) is 19.6 Å². The molecule has 0 aromatic heterocycles. The first-order valence-corrected chi connectivity index (χ1v) is 3.60. The number of rotatable bonds is 5. The number of aliphatic imine (C=N–C) groups is 1. The van der Waals surface area contributed by atoms with Crippen molar-refractivity contribution in [3.05, 3.63) is 0 Å². The van der Waals surface area contributed by atoms with Gasteiger partial charge in [-0.2, -0.15) is 0 Å². The van der Waals surface area contributed by atoms with Crippen molar-refractivity contribution in [2.45, 2.75) is 12.8 Å². The molecule has 12 heavy (non-hydrogen) atoms. The Hall–Kier alpha value is -1.46. The smallest absolute Gasteiger partial charge is 0.404 e. The summed E-state index contributed by atoms with van der Waals surface area (Å²) in [5, 5.41) is 0. The van der Waals surface area contributed by atoms with Gasteiger partial charge in [0, 0.05) is 6.54 Å². The summed E-state index contributed by atoms with van der Waals surface area (Å²) in [5.41, 5.74) is 14.9. The fourth-order valence-electron chi connectivity index (χ4n) is 0.595. The van der Waals surface area contributed by atoms with Crippen LogP contribution in [0.3, 0.4) is 0 Å². The quantitative estimate of drug-likeness (QED) is 0.285. The van der Waals surface area contributed by atoms with Gasteiger partial charge in [0.25, 0.3) is 0 Å². The average Bonchev–Trinajstić information content (AvgIpc) is 1.95. The first kappa shape index (κ1) is 10.5. The van der Waals surface area contributed by atoms with E-state index in [0.717, 1.165) is 6.42 Å². The lowest BCUT2D eigenvalue weighted by Crippen LogP contribution is -2.23. The van der Waals surface area contributed by atoms with Crippen molar-refractivity contribution in [1.29, 1.82) is 0 Å². The van der Waals surface area contributed by atoms with E-state index < -0.39 is 6.09 Å². The Morgan fingerprint density at radius 1 is 1.25 bits per heavy atom. The molecule has 0 rings (SSSR count). The maximum Gasteiger partial charge on any atom is 0.404 e. The molecule has 6 N–H and O–H groups in total. The van der Waals surface area contributed by atoms with E-state index >= 15 is 0 Å². The molecule has 0 saturated heterocycles. The van der Waals surface area contributed by atoms with Crippen molar-refractivity contribution in [1.82, 2.24) is 0 Å². The number of hydrogen-bond donors (Lipinski definition) is 3. The second kappa shape index (κ2) is 6.26. The monoisotopic (exact) mass is 174 g/mol. The number of unbranched alkanes of at least 4 members (excludes halogenated alkanes) is 1. The Morgan fingerprint density at radius 3 is 2.42 bits per heavy atom. The summed E-state index contributed by atoms with van der Waals surface area (Å²) in [4.78, 5) is 13.8. The molecule has 0 atom stereocenters. The van der Waals surface area contributed by atoms with E-state index in [4.69, 9.17) is 17.2 Å². The minimum Gasteiger partial charge on any atom is -0.450 e. The predicted molar refractivity (Wildman–Crippen MR) is 45.4 cm³/mol. The van der Waals surface area contributed by atoms with Gasteiger partial charge in [-0.1, -0.05) is 0 Å². The fourth-order valence-corrected chi connectivity index (χ4v) is 0.595. The van der Waals surface area contributed by atoms with E-state index in [1.165, 1.54) is 0 Å². The molecule has 0 unspecified atom stereocenters. The summed E-state index contributed by atoms with van der Waals surface area (Å²) in [5.74, 6) is 0.0748. The van der Waals surface area contributed by atoms with E-state index in [2.05, 4.69) is 9.73 Å². The molecule has 70 valence electrons. The number of ether oxygens (including phenoxy) is 1. The third-order valence-corrected chi connectivity index (χ3v) is 1.09. The molecule has 0 bridgehead atoms. The lowest BCUT2D eigenvalue weighted by atomic mass is 10.3. The van der Waals surface area contributed by atoms with Crippen molar-refractivity contribution >= 4 is 12.1 Å². The molecular weight excluding hydrogens is 160 g/mol. The van der Waals surface area contributed by atoms with Crippen LogP contribution in [0, 0.1) is 0 Å². The molecule has 6 nitrogen and oxygen atoms in total. The first-order chi connectivity index (χ1) is 5.63. The van der Waals surface area contributed by atoms with Crippen LogP contribution in [0.1, 0.15) is 12.8 Å². The second-order valence-electron chi connectivity index (χ2n) is 2.18. The molecule has 0 aliphatic carbocycles.